The molecule has 2 saturated carbocycles. The molecule has 0 aliphatic heterocycles. The van der Waals surface area contributed by atoms with E-state index in [0.717, 1.165) is 19.3 Å². The van der Waals surface area contributed by atoms with E-state index in [4.69, 9.17) is 5.73 Å². The molecule has 0 heterocycles. The van der Waals surface area contributed by atoms with E-state index in [9.17, 15) is 4.79 Å². The fourth-order valence-electron chi connectivity index (χ4n) is 3.14. The van der Waals surface area contributed by atoms with Gasteiger partial charge in [0.15, 0.2) is 0 Å². The Morgan fingerprint density at radius 2 is 2.00 bits per heavy atom. The molecule has 0 aromatic heterocycles. The van der Waals surface area contributed by atoms with Gasteiger partial charge in [-0.2, -0.15) is 0 Å². The second-order valence-corrected chi connectivity index (χ2v) is 6.26. The summed E-state index contributed by atoms with van der Waals surface area (Å²) in [5.74, 6) is 0.434. The van der Waals surface area contributed by atoms with Crippen molar-refractivity contribution in [3.05, 3.63) is 0 Å². The van der Waals surface area contributed by atoms with E-state index >= 15 is 0 Å². The lowest BCUT2D eigenvalue weighted by Gasteiger charge is -2.43. The number of carbonyl (C=O) groups is 1. The van der Waals surface area contributed by atoms with Crippen molar-refractivity contribution < 1.29 is 4.79 Å². The smallest absolute Gasteiger partial charge is 0.224 e. The van der Waals surface area contributed by atoms with Crippen LogP contribution < -0.4 is 11.1 Å². The number of amides is 1. The molecule has 0 aromatic rings. The normalized spacial score (nSPS) is 30.8. The molecule has 2 rings (SSSR count). The summed E-state index contributed by atoms with van der Waals surface area (Å²) in [6.45, 7) is 5.01. The molecule has 1 unspecified atom stereocenters. The molecule has 0 radical (unpaired) electrons. The Hall–Kier alpha value is -0.570. The lowest BCUT2D eigenvalue weighted by molar-refractivity contribution is -0.130. The number of hydrogen-bond acceptors (Lipinski definition) is 2. The van der Waals surface area contributed by atoms with Gasteiger partial charge in [-0.1, -0.05) is 20.3 Å². The molecule has 1 atom stereocenters. The predicted molar refractivity (Wildman–Crippen MR) is 64.9 cm³/mol. The average molecular weight is 224 g/mol. The van der Waals surface area contributed by atoms with Gasteiger partial charge in [-0.25, -0.2) is 0 Å². The van der Waals surface area contributed by atoms with Crippen LogP contribution in [0.15, 0.2) is 0 Å². The zero-order valence-electron chi connectivity index (χ0n) is 10.5. The van der Waals surface area contributed by atoms with Gasteiger partial charge < -0.3 is 11.1 Å². The zero-order valence-corrected chi connectivity index (χ0v) is 10.5. The highest BCUT2D eigenvalue weighted by Gasteiger charge is 2.43. The monoisotopic (exact) mass is 224 g/mol. The summed E-state index contributed by atoms with van der Waals surface area (Å²) < 4.78 is 0. The van der Waals surface area contributed by atoms with E-state index in [0.29, 0.717) is 6.54 Å². The van der Waals surface area contributed by atoms with Crippen LogP contribution in [0.25, 0.3) is 0 Å². The van der Waals surface area contributed by atoms with Crippen LogP contribution >= 0.6 is 0 Å². The number of hydrogen-bond donors (Lipinski definition) is 2. The molecule has 2 aliphatic rings. The van der Waals surface area contributed by atoms with Crippen molar-refractivity contribution in [1.82, 2.24) is 5.32 Å². The number of nitrogens with one attached hydrogen (secondary N) is 1. The lowest BCUT2D eigenvalue weighted by Crippen LogP contribution is -2.60. The molecule has 0 spiro atoms. The topological polar surface area (TPSA) is 55.1 Å². The van der Waals surface area contributed by atoms with Crippen molar-refractivity contribution in [1.29, 1.82) is 0 Å². The minimum Gasteiger partial charge on any atom is -0.349 e. The number of nitrogens with two attached hydrogens (primary N) is 1. The highest BCUT2D eigenvalue weighted by molar-refractivity contribution is 5.80. The molecule has 0 aromatic carbocycles. The predicted octanol–water partition coefficient (Wildman–Crippen LogP) is 1.81. The van der Waals surface area contributed by atoms with E-state index in [1.54, 1.807) is 0 Å². The Bertz CT molecular complexity index is 276. The maximum absolute atomic E-state index is 12.3. The first-order valence-electron chi connectivity index (χ1n) is 6.51. The van der Waals surface area contributed by atoms with Gasteiger partial charge in [0.05, 0.1) is 5.54 Å². The molecule has 3 N–H and O–H groups in total. The standard InChI is InChI=1S/C13H24N2O/c1-12(2)6-3-5-10(12)11(16)15-13(9-14)7-4-8-13/h10H,3-9,14H2,1-2H3,(H,15,16). The summed E-state index contributed by atoms with van der Waals surface area (Å²) in [5, 5.41) is 3.21. The Kier molecular flexibility index (Phi) is 2.99. The summed E-state index contributed by atoms with van der Waals surface area (Å²) in [5.41, 5.74) is 5.88. The van der Waals surface area contributed by atoms with Crippen molar-refractivity contribution in [2.75, 3.05) is 6.54 Å². The Balaban J connectivity index is 1.97. The van der Waals surface area contributed by atoms with Crippen molar-refractivity contribution in [3.8, 4) is 0 Å². The summed E-state index contributed by atoms with van der Waals surface area (Å²) in [6.07, 6.45) is 6.71. The molecule has 3 heteroatoms. The first-order chi connectivity index (χ1) is 7.49. The van der Waals surface area contributed by atoms with Crippen LogP contribution in [-0.4, -0.2) is 18.0 Å². The summed E-state index contributed by atoms with van der Waals surface area (Å²) in [4.78, 5) is 12.3. The maximum Gasteiger partial charge on any atom is 0.224 e. The van der Waals surface area contributed by atoms with Gasteiger partial charge in [-0.15, -0.1) is 0 Å². The van der Waals surface area contributed by atoms with Gasteiger partial charge in [0, 0.05) is 12.5 Å². The summed E-state index contributed by atoms with van der Waals surface area (Å²) >= 11 is 0. The molecular weight excluding hydrogens is 200 g/mol. The van der Waals surface area contributed by atoms with Crippen LogP contribution in [0, 0.1) is 11.3 Å². The van der Waals surface area contributed by atoms with Crippen LogP contribution in [-0.2, 0) is 4.79 Å². The van der Waals surface area contributed by atoms with Crippen molar-refractivity contribution in [2.24, 2.45) is 17.1 Å². The first kappa shape index (κ1) is 11.9. The van der Waals surface area contributed by atoms with Crippen LogP contribution in [0.2, 0.25) is 0 Å². The molecule has 3 nitrogen and oxygen atoms in total. The molecule has 2 fully saturated rings. The van der Waals surface area contributed by atoms with Gasteiger partial charge in [0.2, 0.25) is 5.91 Å². The summed E-state index contributed by atoms with van der Waals surface area (Å²) in [6, 6.07) is 0. The van der Waals surface area contributed by atoms with Crippen molar-refractivity contribution in [2.45, 2.75) is 57.9 Å². The average Bonchev–Trinajstić information content (AvgIpc) is 2.51. The molecule has 2 aliphatic carbocycles. The van der Waals surface area contributed by atoms with Crippen LogP contribution in [0.5, 0.6) is 0 Å². The SMILES string of the molecule is CC1(C)CCCC1C(=O)NC1(CN)CCC1. The van der Waals surface area contributed by atoms with Gasteiger partial charge >= 0.3 is 0 Å². The minimum atomic E-state index is -0.0598. The molecule has 92 valence electrons. The molecule has 1 amide bonds. The van der Waals surface area contributed by atoms with Crippen molar-refractivity contribution >= 4 is 5.91 Å². The van der Waals surface area contributed by atoms with Gasteiger partial charge in [-0.05, 0) is 37.5 Å². The van der Waals surface area contributed by atoms with Crippen LogP contribution in [0.1, 0.15) is 52.4 Å². The second kappa shape index (κ2) is 4.02. The fourth-order valence-corrected chi connectivity index (χ4v) is 3.14. The first-order valence-corrected chi connectivity index (χ1v) is 6.51. The van der Waals surface area contributed by atoms with E-state index in [-0.39, 0.29) is 22.8 Å². The molecular formula is C13H24N2O. The van der Waals surface area contributed by atoms with E-state index < -0.39 is 0 Å². The van der Waals surface area contributed by atoms with E-state index in [1.165, 1.54) is 19.3 Å². The quantitative estimate of drug-likeness (QED) is 0.768. The van der Waals surface area contributed by atoms with E-state index in [2.05, 4.69) is 19.2 Å². The number of carbonyl (C=O) groups excluding carboxylic acids is 1. The zero-order chi connectivity index (χ0) is 11.8. The third-order valence-electron chi connectivity index (χ3n) is 4.66. The van der Waals surface area contributed by atoms with Gasteiger partial charge in [0.1, 0.15) is 0 Å². The number of rotatable bonds is 3. The Morgan fingerprint density at radius 1 is 1.31 bits per heavy atom. The third kappa shape index (κ3) is 1.97. The molecule has 16 heavy (non-hydrogen) atoms. The fraction of sp³-hybridized carbons (Fsp3) is 0.923. The Labute approximate surface area is 98.2 Å². The highest BCUT2D eigenvalue weighted by atomic mass is 16.2. The maximum atomic E-state index is 12.3. The Morgan fingerprint density at radius 3 is 2.38 bits per heavy atom. The van der Waals surface area contributed by atoms with E-state index in [1.807, 2.05) is 0 Å². The second-order valence-electron chi connectivity index (χ2n) is 6.26. The van der Waals surface area contributed by atoms with Crippen LogP contribution in [0.3, 0.4) is 0 Å². The highest BCUT2D eigenvalue weighted by Crippen LogP contribution is 2.43. The van der Waals surface area contributed by atoms with Gasteiger partial charge in [0.25, 0.3) is 0 Å². The van der Waals surface area contributed by atoms with Gasteiger partial charge in [-0.3, -0.25) is 4.79 Å². The minimum absolute atomic E-state index is 0.0598. The third-order valence-corrected chi connectivity index (χ3v) is 4.66. The molecule has 0 bridgehead atoms. The largest absolute Gasteiger partial charge is 0.349 e. The van der Waals surface area contributed by atoms with Crippen molar-refractivity contribution in [3.63, 3.8) is 0 Å². The molecule has 0 saturated heterocycles. The lowest BCUT2D eigenvalue weighted by atomic mass is 9.75. The summed E-state index contributed by atoms with van der Waals surface area (Å²) in [7, 11) is 0. The van der Waals surface area contributed by atoms with Crippen LogP contribution in [0.4, 0.5) is 0 Å².